The summed E-state index contributed by atoms with van der Waals surface area (Å²) in [4.78, 5) is 11.3. The van der Waals surface area contributed by atoms with Crippen molar-refractivity contribution in [3.8, 4) is 5.75 Å². The van der Waals surface area contributed by atoms with Gasteiger partial charge in [0.2, 0.25) is 10.0 Å². The Morgan fingerprint density at radius 1 is 1.15 bits per heavy atom. The van der Waals surface area contributed by atoms with Crippen LogP contribution in [0, 0.1) is 0 Å². The average Bonchev–Trinajstić information content (AvgIpc) is 2.59. The molecule has 0 aliphatic heterocycles. The minimum absolute atomic E-state index is 0.00984. The van der Waals surface area contributed by atoms with Gasteiger partial charge in [0.25, 0.3) is 0 Å². The molecule has 0 saturated carbocycles. The van der Waals surface area contributed by atoms with Gasteiger partial charge in [-0.05, 0) is 23.3 Å². The molecule has 2 aromatic carbocycles. The number of benzene rings is 2. The first-order valence-corrected chi connectivity index (χ1v) is 9.71. The highest BCUT2D eigenvalue weighted by Crippen LogP contribution is 2.28. The first-order valence-electron chi connectivity index (χ1n) is 7.82. The van der Waals surface area contributed by atoms with Crippen LogP contribution in [0.5, 0.6) is 5.75 Å². The molecular weight excluding hydrogens is 358 g/mol. The summed E-state index contributed by atoms with van der Waals surface area (Å²) < 4.78 is 35.8. The first-order chi connectivity index (χ1) is 12.3. The predicted molar refractivity (Wildman–Crippen MR) is 97.4 cm³/mol. The number of carbonyl (C=O) groups excluding carboxylic acids is 1. The summed E-state index contributed by atoms with van der Waals surface area (Å²) in [7, 11) is -2.35. The topological polar surface area (TPSA) is 102 Å². The summed E-state index contributed by atoms with van der Waals surface area (Å²) in [6.07, 6.45) is -0.309. The van der Waals surface area contributed by atoms with Gasteiger partial charge in [-0.1, -0.05) is 36.4 Å². The molecule has 0 aliphatic rings. The van der Waals surface area contributed by atoms with E-state index >= 15 is 0 Å². The van der Waals surface area contributed by atoms with Crippen molar-refractivity contribution in [1.29, 1.82) is 0 Å². The highest BCUT2D eigenvalue weighted by atomic mass is 32.2. The number of sulfonamides is 1. The largest absolute Gasteiger partial charge is 0.487 e. The highest BCUT2D eigenvalue weighted by Gasteiger charge is 2.17. The number of aliphatic hydroxyl groups is 1. The van der Waals surface area contributed by atoms with Crippen molar-refractivity contribution in [2.45, 2.75) is 19.1 Å². The second-order valence-corrected chi connectivity index (χ2v) is 7.47. The number of carbonyl (C=O) groups is 1. The lowest BCUT2D eigenvalue weighted by atomic mass is 10.1. The number of rotatable bonds is 8. The predicted octanol–water partition coefficient (Wildman–Crippen LogP) is 1.71. The van der Waals surface area contributed by atoms with Gasteiger partial charge in [-0.25, -0.2) is 13.2 Å². The minimum Gasteiger partial charge on any atom is -0.487 e. The van der Waals surface area contributed by atoms with E-state index in [1.54, 1.807) is 12.1 Å². The molecule has 1 atom stereocenters. The van der Waals surface area contributed by atoms with Crippen molar-refractivity contribution < 1.29 is 27.8 Å². The summed E-state index contributed by atoms with van der Waals surface area (Å²) in [5.41, 5.74) is 1.72. The van der Waals surface area contributed by atoms with Gasteiger partial charge >= 0.3 is 5.97 Å². The van der Waals surface area contributed by atoms with Gasteiger partial charge in [0.15, 0.2) is 6.10 Å². The van der Waals surface area contributed by atoms with E-state index in [-0.39, 0.29) is 18.7 Å². The molecule has 8 heteroatoms. The second kappa shape index (κ2) is 8.68. The maximum Gasteiger partial charge on any atom is 0.335 e. The Bertz CT molecular complexity index is 851. The standard InChI is InChI=1S/C18H21NO6S/c1-24-18(21)16(20)11-14-8-9-17(15(10-14)19-26(2,22)23)25-12-13-6-4-3-5-7-13/h3-10,16,19-20H,11-12H2,1-2H3/t16-/m0/s1. The molecule has 2 N–H and O–H groups in total. The number of hydrogen-bond donors (Lipinski definition) is 2. The Hall–Kier alpha value is -2.58. The van der Waals surface area contributed by atoms with Crippen molar-refractivity contribution in [2.75, 3.05) is 18.1 Å². The van der Waals surface area contributed by atoms with Gasteiger partial charge in [-0.3, -0.25) is 4.72 Å². The molecule has 2 aromatic rings. The molecule has 140 valence electrons. The molecule has 0 unspecified atom stereocenters. The van der Waals surface area contributed by atoms with Crippen LogP contribution in [0.15, 0.2) is 48.5 Å². The van der Waals surface area contributed by atoms with Gasteiger partial charge in [-0.15, -0.1) is 0 Å². The number of nitrogens with one attached hydrogen (secondary N) is 1. The van der Waals surface area contributed by atoms with E-state index in [1.165, 1.54) is 13.2 Å². The van der Waals surface area contributed by atoms with Crippen molar-refractivity contribution in [2.24, 2.45) is 0 Å². The second-order valence-electron chi connectivity index (χ2n) is 5.72. The summed E-state index contributed by atoms with van der Waals surface area (Å²) in [6.45, 7) is 0.267. The van der Waals surface area contributed by atoms with E-state index in [0.29, 0.717) is 11.3 Å². The van der Waals surface area contributed by atoms with Crippen LogP contribution in [-0.2, 0) is 32.6 Å². The van der Waals surface area contributed by atoms with Crippen LogP contribution in [0.4, 0.5) is 5.69 Å². The summed E-state index contributed by atoms with van der Waals surface area (Å²) in [5, 5.41) is 9.77. The lowest BCUT2D eigenvalue weighted by Gasteiger charge is -2.15. The summed E-state index contributed by atoms with van der Waals surface area (Å²) in [6, 6.07) is 14.2. The van der Waals surface area contributed by atoms with Crippen molar-refractivity contribution in [3.63, 3.8) is 0 Å². The third-order valence-electron chi connectivity index (χ3n) is 3.48. The van der Waals surface area contributed by atoms with Gasteiger partial charge in [0.1, 0.15) is 12.4 Å². The lowest BCUT2D eigenvalue weighted by molar-refractivity contribution is -0.150. The summed E-state index contributed by atoms with van der Waals surface area (Å²) >= 11 is 0. The summed E-state index contributed by atoms with van der Waals surface area (Å²) in [5.74, 6) is -0.414. The number of hydrogen-bond acceptors (Lipinski definition) is 6. The molecule has 0 aliphatic carbocycles. The van der Waals surface area contributed by atoms with Crippen LogP contribution in [0.3, 0.4) is 0 Å². The van der Waals surface area contributed by atoms with E-state index in [1.807, 2.05) is 30.3 Å². The third-order valence-corrected chi connectivity index (χ3v) is 4.07. The molecule has 2 rings (SSSR count). The van der Waals surface area contributed by atoms with E-state index < -0.39 is 22.1 Å². The van der Waals surface area contributed by atoms with Crippen LogP contribution in [0.25, 0.3) is 0 Å². The Morgan fingerprint density at radius 3 is 2.46 bits per heavy atom. The molecule has 0 fully saturated rings. The van der Waals surface area contributed by atoms with Gasteiger partial charge < -0.3 is 14.6 Å². The molecular formula is C18H21NO6S. The zero-order chi connectivity index (χ0) is 19.2. The third kappa shape index (κ3) is 6.05. The van der Waals surface area contributed by atoms with Crippen LogP contribution in [0.2, 0.25) is 0 Å². The van der Waals surface area contributed by atoms with Crippen molar-refractivity contribution in [1.82, 2.24) is 0 Å². The average molecular weight is 379 g/mol. The maximum atomic E-state index is 11.6. The zero-order valence-corrected chi connectivity index (χ0v) is 15.3. The fraction of sp³-hybridized carbons (Fsp3) is 0.278. The number of ether oxygens (including phenoxy) is 2. The van der Waals surface area contributed by atoms with E-state index in [0.717, 1.165) is 11.8 Å². The van der Waals surface area contributed by atoms with Crippen LogP contribution in [0.1, 0.15) is 11.1 Å². The van der Waals surface area contributed by atoms with Crippen LogP contribution >= 0.6 is 0 Å². The quantitative estimate of drug-likeness (QED) is 0.677. The van der Waals surface area contributed by atoms with Crippen molar-refractivity contribution in [3.05, 3.63) is 59.7 Å². The maximum absolute atomic E-state index is 11.6. The number of aliphatic hydroxyl groups excluding tert-OH is 1. The van der Waals surface area contributed by atoms with E-state index in [2.05, 4.69) is 9.46 Å². The van der Waals surface area contributed by atoms with Crippen LogP contribution < -0.4 is 9.46 Å². The van der Waals surface area contributed by atoms with E-state index in [4.69, 9.17) is 4.74 Å². The molecule has 0 heterocycles. The van der Waals surface area contributed by atoms with Gasteiger partial charge in [0.05, 0.1) is 19.1 Å². The minimum atomic E-state index is -3.53. The molecule has 0 aromatic heterocycles. The smallest absolute Gasteiger partial charge is 0.335 e. The monoisotopic (exact) mass is 379 g/mol. The first kappa shape index (κ1) is 19.7. The molecule has 0 spiro atoms. The normalized spacial score (nSPS) is 12.3. The lowest BCUT2D eigenvalue weighted by Crippen LogP contribution is -2.24. The fourth-order valence-corrected chi connectivity index (χ4v) is 2.85. The fourth-order valence-electron chi connectivity index (χ4n) is 2.29. The molecule has 0 saturated heterocycles. The molecule has 7 nitrogen and oxygen atoms in total. The molecule has 0 bridgehead atoms. The van der Waals surface area contributed by atoms with Gasteiger partial charge in [-0.2, -0.15) is 0 Å². The van der Waals surface area contributed by atoms with E-state index in [9.17, 15) is 18.3 Å². The highest BCUT2D eigenvalue weighted by molar-refractivity contribution is 7.92. The Kier molecular flexibility index (Phi) is 6.59. The molecule has 0 amide bonds. The molecule has 0 radical (unpaired) electrons. The SMILES string of the molecule is COC(=O)[C@@H](O)Cc1ccc(OCc2ccccc2)c(NS(C)(=O)=O)c1. The Morgan fingerprint density at radius 2 is 1.85 bits per heavy atom. The van der Waals surface area contributed by atoms with Crippen LogP contribution in [-0.4, -0.2) is 39.0 Å². The van der Waals surface area contributed by atoms with Gasteiger partial charge in [0, 0.05) is 6.42 Å². The Balaban J connectivity index is 2.22. The Labute approximate surface area is 152 Å². The molecule has 26 heavy (non-hydrogen) atoms. The number of esters is 1. The number of anilines is 1. The number of methoxy groups -OCH3 is 1. The van der Waals surface area contributed by atoms with Crippen molar-refractivity contribution >= 4 is 21.7 Å². The zero-order valence-electron chi connectivity index (χ0n) is 14.5.